The first kappa shape index (κ1) is 32.1. The van der Waals surface area contributed by atoms with Crippen LogP contribution in [0, 0.1) is 18.7 Å². The molecule has 0 radical (unpaired) electrons. The van der Waals surface area contributed by atoms with Crippen LogP contribution in [0.2, 0.25) is 0 Å². The third kappa shape index (κ3) is 7.95. The monoisotopic (exact) mass is 628 g/mol. The minimum atomic E-state index is -4.99. The molecule has 2 atom stereocenters. The first-order chi connectivity index (χ1) is 19.9. The van der Waals surface area contributed by atoms with Crippen molar-refractivity contribution in [1.29, 1.82) is 0 Å². The number of hydrogen-bond donors (Lipinski definition) is 3. The predicted octanol–water partition coefficient (Wildman–Crippen LogP) is 5.79. The molecule has 3 aromatic rings. The highest BCUT2D eigenvalue weighted by Gasteiger charge is 2.41. The number of rotatable bonds is 9. The number of H-pyrrole nitrogens is 1. The summed E-state index contributed by atoms with van der Waals surface area (Å²) in [4.78, 5) is 32.3. The molecule has 0 bridgehead atoms. The van der Waals surface area contributed by atoms with E-state index in [4.69, 9.17) is 0 Å². The van der Waals surface area contributed by atoms with Crippen LogP contribution in [0.3, 0.4) is 0 Å². The lowest BCUT2D eigenvalue weighted by Crippen LogP contribution is -2.38. The highest BCUT2D eigenvalue weighted by atomic mass is 19.4. The molecule has 236 valence electrons. The normalized spacial score (nSPS) is 17.5. The van der Waals surface area contributed by atoms with Crippen molar-refractivity contribution < 1.29 is 53.7 Å². The van der Waals surface area contributed by atoms with Crippen molar-refractivity contribution >= 4 is 22.8 Å². The van der Waals surface area contributed by atoms with Crippen molar-refractivity contribution in [2.24, 2.45) is 5.92 Å². The Hall–Kier alpha value is -3.86. The van der Waals surface area contributed by atoms with E-state index < -0.39 is 97.1 Å². The summed E-state index contributed by atoms with van der Waals surface area (Å²) in [6.07, 6.45) is -14.2. The van der Waals surface area contributed by atoms with E-state index in [0.29, 0.717) is 0 Å². The molecular weight excluding hydrogens is 603 g/mol. The summed E-state index contributed by atoms with van der Waals surface area (Å²) in [5.41, 5.74) is -1.44. The number of halogens is 9. The summed E-state index contributed by atoms with van der Waals surface area (Å²) in [5, 5.41) is 11.4. The molecule has 2 heterocycles. The van der Waals surface area contributed by atoms with Crippen LogP contribution in [0.1, 0.15) is 78.1 Å². The lowest BCUT2D eigenvalue weighted by atomic mass is 9.81. The molecule has 4 rings (SSSR count). The standard InChI is InChI=1S/C25H25F9N6O3/c1-11-17(40-43-39-11)22(42)38-18(12-4-6-23(27,28)7-5-12)20-36-15-3-2-13(16(26)19(15)37-20)14(10-25(32,33)34)21(41)35-9-8-24(29,30)31/h2-3,12,14,18H,4-10H2,1H3,(H,35,41)(H,36,37)(H,38,42)/t14?,18-/m0/s1. The maximum Gasteiger partial charge on any atom is 0.390 e. The number of fused-ring (bicyclic) bond motifs is 1. The van der Waals surface area contributed by atoms with Gasteiger partial charge in [-0.25, -0.2) is 22.8 Å². The number of carbonyl (C=O) groups is 2. The molecule has 3 N–H and O–H groups in total. The van der Waals surface area contributed by atoms with Crippen LogP contribution in [0.25, 0.3) is 11.0 Å². The van der Waals surface area contributed by atoms with E-state index >= 15 is 4.39 Å². The van der Waals surface area contributed by atoms with Gasteiger partial charge in [0.1, 0.15) is 17.0 Å². The predicted molar refractivity (Wildman–Crippen MR) is 129 cm³/mol. The van der Waals surface area contributed by atoms with E-state index in [1.807, 2.05) is 0 Å². The van der Waals surface area contributed by atoms with E-state index in [1.54, 1.807) is 5.32 Å². The maximum atomic E-state index is 15.7. The van der Waals surface area contributed by atoms with Gasteiger partial charge in [0.15, 0.2) is 11.5 Å². The summed E-state index contributed by atoms with van der Waals surface area (Å²) in [7, 11) is 0. The number of imidazole rings is 1. The molecule has 2 aromatic heterocycles. The average Bonchev–Trinajstić information content (AvgIpc) is 3.52. The average molecular weight is 628 g/mol. The highest BCUT2D eigenvalue weighted by Crippen LogP contribution is 2.42. The van der Waals surface area contributed by atoms with E-state index in [0.717, 1.165) is 12.1 Å². The smallest absolute Gasteiger partial charge is 0.355 e. The number of alkyl halides is 8. The van der Waals surface area contributed by atoms with Gasteiger partial charge < -0.3 is 15.6 Å². The molecule has 1 saturated carbocycles. The number of carbonyl (C=O) groups excluding carboxylic acids is 2. The van der Waals surface area contributed by atoms with Crippen LogP contribution in [-0.4, -0.2) is 56.9 Å². The van der Waals surface area contributed by atoms with Crippen molar-refractivity contribution in [3.8, 4) is 0 Å². The highest BCUT2D eigenvalue weighted by molar-refractivity contribution is 5.93. The maximum absolute atomic E-state index is 15.7. The fourth-order valence-corrected chi connectivity index (χ4v) is 4.97. The van der Waals surface area contributed by atoms with Crippen molar-refractivity contribution in [2.45, 2.75) is 75.7 Å². The van der Waals surface area contributed by atoms with E-state index in [1.165, 1.54) is 6.92 Å². The van der Waals surface area contributed by atoms with Gasteiger partial charge in [-0.2, -0.15) is 26.3 Å². The first-order valence-corrected chi connectivity index (χ1v) is 13.0. The zero-order valence-electron chi connectivity index (χ0n) is 22.3. The van der Waals surface area contributed by atoms with Gasteiger partial charge in [-0.15, -0.1) is 0 Å². The molecule has 1 unspecified atom stereocenters. The molecule has 9 nitrogen and oxygen atoms in total. The Kier molecular flexibility index (Phi) is 8.97. The molecule has 1 fully saturated rings. The van der Waals surface area contributed by atoms with Gasteiger partial charge in [0.25, 0.3) is 5.91 Å². The second kappa shape index (κ2) is 12.0. The van der Waals surface area contributed by atoms with Crippen molar-refractivity contribution in [3.05, 3.63) is 40.7 Å². The first-order valence-electron chi connectivity index (χ1n) is 13.0. The largest absolute Gasteiger partial charge is 0.390 e. The summed E-state index contributed by atoms with van der Waals surface area (Å²) in [6.45, 7) is 0.408. The van der Waals surface area contributed by atoms with E-state index in [-0.39, 0.29) is 35.6 Å². The Bertz CT molecular complexity index is 1460. The fourth-order valence-electron chi connectivity index (χ4n) is 4.97. The van der Waals surface area contributed by atoms with Crippen LogP contribution < -0.4 is 10.6 Å². The summed E-state index contributed by atoms with van der Waals surface area (Å²) < 4.78 is 125. The van der Waals surface area contributed by atoms with Gasteiger partial charge in [-0.1, -0.05) is 11.2 Å². The molecule has 1 aliphatic carbocycles. The molecule has 0 saturated heterocycles. The number of aromatic amines is 1. The molecule has 2 amide bonds. The van der Waals surface area contributed by atoms with Crippen LogP contribution in [0.4, 0.5) is 39.5 Å². The SMILES string of the molecule is Cc1nonc1C(=O)N[C@H](c1nc2c(F)c(C(CC(F)(F)F)C(=O)NCCC(F)(F)F)ccc2[nH]1)C1CCC(F)(F)CC1. The zero-order valence-corrected chi connectivity index (χ0v) is 22.3. The second-order valence-corrected chi connectivity index (χ2v) is 10.4. The summed E-state index contributed by atoms with van der Waals surface area (Å²) >= 11 is 0. The number of nitrogens with zero attached hydrogens (tertiary/aromatic N) is 3. The van der Waals surface area contributed by atoms with Gasteiger partial charge >= 0.3 is 12.4 Å². The third-order valence-electron chi connectivity index (χ3n) is 7.16. The van der Waals surface area contributed by atoms with Gasteiger partial charge in [-0.05, 0) is 36.9 Å². The molecule has 1 aromatic carbocycles. The lowest BCUT2D eigenvalue weighted by Gasteiger charge is -2.33. The molecule has 43 heavy (non-hydrogen) atoms. The molecule has 1 aliphatic rings. The molecule has 0 aliphatic heterocycles. The van der Waals surface area contributed by atoms with Gasteiger partial charge in [0.2, 0.25) is 11.8 Å². The summed E-state index contributed by atoms with van der Waals surface area (Å²) in [5.74, 6) is -9.52. The Morgan fingerprint density at radius 2 is 1.77 bits per heavy atom. The molecule has 18 heteroatoms. The number of amides is 2. The van der Waals surface area contributed by atoms with Gasteiger partial charge in [0, 0.05) is 24.9 Å². The number of aryl methyl sites for hydroxylation is 1. The van der Waals surface area contributed by atoms with E-state index in [9.17, 15) is 44.7 Å². The van der Waals surface area contributed by atoms with Gasteiger partial charge in [-0.3, -0.25) is 9.59 Å². The summed E-state index contributed by atoms with van der Waals surface area (Å²) in [6, 6.07) is 0.890. The number of hydrogen-bond acceptors (Lipinski definition) is 6. The third-order valence-corrected chi connectivity index (χ3v) is 7.16. The van der Waals surface area contributed by atoms with Crippen LogP contribution in [0.5, 0.6) is 0 Å². The van der Waals surface area contributed by atoms with Crippen molar-refractivity contribution in [3.63, 3.8) is 0 Å². The second-order valence-electron chi connectivity index (χ2n) is 10.4. The number of aromatic nitrogens is 4. The topological polar surface area (TPSA) is 126 Å². The molecule has 0 spiro atoms. The number of nitrogens with one attached hydrogen (secondary N) is 3. The Labute approximate surface area is 236 Å². The van der Waals surface area contributed by atoms with Crippen LogP contribution >= 0.6 is 0 Å². The number of benzene rings is 1. The fraction of sp³-hybridized carbons (Fsp3) is 0.560. The lowest BCUT2D eigenvalue weighted by molar-refractivity contribution is -0.149. The minimum absolute atomic E-state index is 0.0563. The minimum Gasteiger partial charge on any atom is -0.355 e. The molecular formula is C25H25F9N6O3. The zero-order chi connectivity index (χ0) is 31.7. The van der Waals surface area contributed by atoms with Crippen molar-refractivity contribution in [1.82, 2.24) is 30.9 Å². The Balaban J connectivity index is 1.68. The van der Waals surface area contributed by atoms with Crippen LogP contribution in [-0.2, 0) is 4.79 Å². The van der Waals surface area contributed by atoms with Crippen LogP contribution in [0.15, 0.2) is 16.8 Å². The Morgan fingerprint density at radius 1 is 1.09 bits per heavy atom. The van der Waals surface area contributed by atoms with E-state index in [2.05, 4.69) is 30.2 Å². The van der Waals surface area contributed by atoms with Crippen molar-refractivity contribution in [2.75, 3.05) is 6.54 Å². The quantitative estimate of drug-likeness (QED) is 0.258. The van der Waals surface area contributed by atoms with Gasteiger partial charge in [0.05, 0.1) is 30.3 Å². The Morgan fingerprint density at radius 3 is 2.35 bits per heavy atom.